The Morgan fingerprint density at radius 1 is 1.35 bits per heavy atom. The molecule has 2 aromatic rings. The van der Waals surface area contributed by atoms with Crippen LogP contribution in [0.15, 0.2) is 40.8 Å². The van der Waals surface area contributed by atoms with Crippen molar-refractivity contribution < 1.29 is 19.4 Å². The van der Waals surface area contributed by atoms with Gasteiger partial charge in [-0.25, -0.2) is 0 Å². The summed E-state index contributed by atoms with van der Waals surface area (Å²) >= 11 is 0. The minimum absolute atomic E-state index is 0.135. The van der Waals surface area contributed by atoms with Crippen LogP contribution < -0.4 is 0 Å². The molecule has 0 bridgehead atoms. The molecule has 2 heterocycles. The number of aliphatic hydroxyl groups is 2. The lowest BCUT2D eigenvalue weighted by Gasteiger charge is -2.39. The van der Waals surface area contributed by atoms with E-state index < -0.39 is 11.7 Å². The van der Waals surface area contributed by atoms with Gasteiger partial charge in [-0.05, 0) is 44.5 Å². The van der Waals surface area contributed by atoms with Gasteiger partial charge >= 0.3 is 0 Å². The van der Waals surface area contributed by atoms with Crippen LogP contribution in [-0.4, -0.2) is 45.8 Å². The van der Waals surface area contributed by atoms with Crippen LogP contribution in [0, 0.1) is 6.92 Å². The van der Waals surface area contributed by atoms with E-state index in [1.54, 1.807) is 24.0 Å². The summed E-state index contributed by atoms with van der Waals surface area (Å²) in [5, 5.41) is 20.0. The van der Waals surface area contributed by atoms with Gasteiger partial charge < -0.3 is 19.5 Å². The van der Waals surface area contributed by atoms with E-state index in [0.717, 1.165) is 17.1 Å². The zero-order chi connectivity index (χ0) is 16.6. The average Bonchev–Trinajstić information content (AvgIpc) is 2.96. The summed E-state index contributed by atoms with van der Waals surface area (Å²) < 4.78 is 5.60. The second-order valence-electron chi connectivity index (χ2n) is 6.37. The Hall–Kier alpha value is -2.11. The SMILES string of the molecule is Cc1ccc(-c2cccc(C(=O)N3CC[C@@](C)(O)[C@@H](O)C3)c2)o1. The lowest BCUT2D eigenvalue weighted by atomic mass is 9.90. The lowest BCUT2D eigenvalue weighted by molar-refractivity contribution is -0.0999. The maximum absolute atomic E-state index is 12.6. The standard InChI is InChI=1S/C18H21NO4/c1-12-6-7-15(23-12)13-4-3-5-14(10-13)17(21)19-9-8-18(2,22)16(20)11-19/h3-7,10,16,20,22H,8-9,11H2,1-2H3/t16-,18+/m0/s1. The fraction of sp³-hybridized carbons (Fsp3) is 0.389. The summed E-state index contributed by atoms with van der Waals surface area (Å²) in [7, 11) is 0. The molecule has 0 spiro atoms. The van der Waals surface area contributed by atoms with Crippen LogP contribution in [0.3, 0.4) is 0 Å². The first-order valence-corrected chi connectivity index (χ1v) is 7.73. The molecule has 2 atom stereocenters. The van der Waals surface area contributed by atoms with Crippen molar-refractivity contribution in [1.29, 1.82) is 0 Å². The van der Waals surface area contributed by atoms with Crippen molar-refractivity contribution in [2.45, 2.75) is 32.0 Å². The van der Waals surface area contributed by atoms with Gasteiger partial charge in [-0.1, -0.05) is 12.1 Å². The highest BCUT2D eigenvalue weighted by Gasteiger charge is 2.38. The molecule has 23 heavy (non-hydrogen) atoms. The summed E-state index contributed by atoms with van der Waals surface area (Å²) in [6.07, 6.45) is -0.576. The molecule has 0 unspecified atom stereocenters. The van der Waals surface area contributed by atoms with Gasteiger partial charge in [0, 0.05) is 24.2 Å². The fourth-order valence-corrected chi connectivity index (χ4v) is 2.79. The normalized spacial score (nSPS) is 24.7. The van der Waals surface area contributed by atoms with Gasteiger partial charge in [0.05, 0.1) is 11.7 Å². The van der Waals surface area contributed by atoms with Gasteiger partial charge in [-0.2, -0.15) is 0 Å². The molecule has 122 valence electrons. The van der Waals surface area contributed by atoms with Crippen molar-refractivity contribution in [3.05, 3.63) is 47.7 Å². The van der Waals surface area contributed by atoms with Gasteiger partial charge in [0.15, 0.2) is 0 Å². The third-order valence-electron chi connectivity index (χ3n) is 4.42. The van der Waals surface area contributed by atoms with Crippen molar-refractivity contribution in [2.75, 3.05) is 13.1 Å². The molecular weight excluding hydrogens is 294 g/mol. The Morgan fingerprint density at radius 2 is 2.13 bits per heavy atom. The molecule has 1 amide bonds. The molecule has 5 nitrogen and oxygen atoms in total. The predicted octanol–water partition coefficient (Wildman–Crippen LogP) is 2.21. The number of benzene rings is 1. The number of piperidine rings is 1. The third-order valence-corrected chi connectivity index (χ3v) is 4.42. The van der Waals surface area contributed by atoms with Gasteiger partial charge in [0.1, 0.15) is 11.5 Å². The first-order chi connectivity index (χ1) is 10.9. The fourth-order valence-electron chi connectivity index (χ4n) is 2.79. The van der Waals surface area contributed by atoms with E-state index in [1.807, 2.05) is 31.2 Å². The van der Waals surface area contributed by atoms with E-state index >= 15 is 0 Å². The Bertz CT molecular complexity index is 719. The number of furan rings is 1. The lowest BCUT2D eigenvalue weighted by Crippen LogP contribution is -2.55. The molecular formula is C18H21NO4. The summed E-state index contributed by atoms with van der Waals surface area (Å²) in [6.45, 7) is 4.03. The number of hydrogen-bond acceptors (Lipinski definition) is 4. The summed E-state index contributed by atoms with van der Waals surface area (Å²) in [5.41, 5.74) is 0.253. The Balaban J connectivity index is 1.81. The van der Waals surface area contributed by atoms with E-state index in [4.69, 9.17) is 4.42 Å². The Kier molecular flexibility index (Phi) is 4.00. The number of likely N-dealkylation sites (tertiary alicyclic amines) is 1. The van der Waals surface area contributed by atoms with Crippen molar-refractivity contribution in [2.24, 2.45) is 0 Å². The summed E-state index contributed by atoms with van der Waals surface area (Å²) in [6, 6.07) is 11.0. The predicted molar refractivity (Wildman–Crippen MR) is 86.0 cm³/mol. The smallest absolute Gasteiger partial charge is 0.253 e. The molecule has 1 aliphatic rings. The maximum Gasteiger partial charge on any atom is 0.253 e. The van der Waals surface area contributed by atoms with Gasteiger partial charge in [0.25, 0.3) is 5.91 Å². The quantitative estimate of drug-likeness (QED) is 0.891. The van der Waals surface area contributed by atoms with Crippen LogP contribution in [0.1, 0.15) is 29.5 Å². The number of carbonyl (C=O) groups excluding carboxylic acids is 1. The molecule has 2 N–H and O–H groups in total. The summed E-state index contributed by atoms with van der Waals surface area (Å²) in [5.74, 6) is 1.39. The largest absolute Gasteiger partial charge is 0.461 e. The van der Waals surface area contributed by atoms with Crippen LogP contribution in [0.5, 0.6) is 0 Å². The summed E-state index contributed by atoms with van der Waals surface area (Å²) in [4.78, 5) is 14.2. The molecule has 1 saturated heterocycles. The number of β-amino-alcohol motifs (C(OH)–C–C–N with tert-alkyl or cyclic N) is 1. The first kappa shape index (κ1) is 15.8. The third kappa shape index (κ3) is 3.16. The molecule has 1 fully saturated rings. The molecule has 3 rings (SSSR count). The second kappa shape index (κ2) is 5.83. The van der Waals surface area contributed by atoms with Crippen LogP contribution in [0.4, 0.5) is 0 Å². The van der Waals surface area contributed by atoms with Crippen LogP contribution in [-0.2, 0) is 0 Å². The number of nitrogens with zero attached hydrogens (tertiary/aromatic N) is 1. The molecule has 1 aromatic carbocycles. The van der Waals surface area contributed by atoms with E-state index in [9.17, 15) is 15.0 Å². The van der Waals surface area contributed by atoms with Crippen molar-refractivity contribution >= 4 is 5.91 Å². The number of aliphatic hydroxyl groups excluding tert-OH is 1. The molecule has 0 saturated carbocycles. The van der Waals surface area contributed by atoms with Crippen molar-refractivity contribution in [3.63, 3.8) is 0 Å². The molecule has 5 heteroatoms. The van der Waals surface area contributed by atoms with Gasteiger partial charge in [-0.3, -0.25) is 4.79 Å². The molecule has 1 aliphatic heterocycles. The minimum atomic E-state index is -1.13. The second-order valence-corrected chi connectivity index (χ2v) is 6.37. The molecule has 0 radical (unpaired) electrons. The van der Waals surface area contributed by atoms with Crippen LogP contribution in [0.2, 0.25) is 0 Å². The molecule has 1 aromatic heterocycles. The highest BCUT2D eigenvalue weighted by atomic mass is 16.3. The van der Waals surface area contributed by atoms with Crippen LogP contribution >= 0.6 is 0 Å². The van der Waals surface area contributed by atoms with Gasteiger partial charge in [-0.15, -0.1) is 0 Å². The zero-order valence-corrected chi connectivity index (χ0v) is 13.3. The van der Waals surface area contributed by atoms with E-state index in [-0.39, 0.29) is 12.5 Å². The van der Waals surface area contributed by atoms with Gasteiger partial charge in [0.2, 0.25) is 0 Å². The van der Waals surface area contributed by atoms with E-state index in [0.29, 0.717) is 18.5 Å². The molecule has 0 aliphatic carbocycles. The van der Waals surface area contributed by atoms with E-state index in [1.165, 1.54) is 0 Å². The highest BCUT2D eigenvalue weighted by molar-refractivity contribution is 5.95. The zero-order valence-electron chi connectivity index (χ0n) is 13.3. The number of rotatable bonds is 2. The maximum atomic E-state index is 12.6. The highest BCUT2D eigenvalue weighted by Crippen LogP contribution is 2.26. The number of carbonyl (C=O) groups is 1. The Morgan fingerprint density at radius 3 is 2.78 bits per heavy atom. The number of aryl methyl sites for hydroxylation is 1. The van der Waals surface area contributed by atoms with Crippen molar-refractivity contribution in [3.8, 4) is 11.3 Å². The monoisotopic (exact) mass is 315 g/mol. The van der Waals surface area contributed by atoms with Crippen LogP contribution in [0.25, 0.3) is 11.3 Å². The topological polar surface area (TPSA) is 73.9 Å². The number of amides is 1. The van der Waals surface area contributed by atoms with Crippen molar-refractivity contribution in [1.82, 2.24) is 4.90 Å². The first-order valence-electron chi connectivity index (χ1n) is 7.73. The minimum Gasteiger partial charge on any atom is -0.461 e. The van der Waals surface area contributed by atoms with E-state index in [2.05, 4.69) is 0 Å². The Labute approximate surface area is 135 Å². The average molecular weight is 315 g/mol. The number of hydrogen-bond donors (Lipinski definition) is 2.